The van der Waals surface area contributed by atoms with Gasteiger partial charge in [0.05, 0.1) is 32.1 Å². The summed E-state index contributed by atoms with van der Waals surface area (Å²) < 4.78 is 11.0. The van der Waals surface area contributed by atoms with E-state index in [2.05, 4.69) is 35.7 Å². The molecular formula is C21H23N3O2. The number of nitrogens with one attached hydrogen (secondary N) is 1. The van der Waals surface area contributed by atoms with Crippen LogP contribution < -0.4 is 5.32 Å². The molecule has 5 heteroatoms. The van der Waals surface area contributed by atoms with Crippen molar-refractivity contribution in [3.63, 3.8) is 0 Å². The summed E-state index contributed by atoms with van der Waals surface area (Å²) in [6.07, 6.45) is 6.95. The standard InChI is InChI=1S/C21H23N3O2/c1-2-14(3-1)15-4-6-17(7-5-15)22-21-18-12-26-13-19(18)23-20(24-21)16-8-10-25-11-9-16/h4-8,14H,1-3,9-13H2,(H,22,23,24). The highest BCUT2D eigenvalue weighted by Gasteiger charge is 2.22. The zero-order chi connectivity index (χ0) is 17.3. The first kappa shape index (κ1) is 16.0. The Kier molecular flexibility index (Phi) is 4.19. The minimum Gasteiger partial charge on any atom is -0.377 e. The molecule has 2 aromatic rings. The van der Waals surface area contributed by atoms with Crippen LogP contribution in [0.1, 0.15) is 54.2 Å². The van der Waals surface area contributed by atoms with Crippen molar-refractivity contribution in [1.82, 2.24) is 9.97 Å². The van der Waals surface area contributed by atoms with E-state index in [4.69, 9.17) is 19.4 Å². The van der Waals surface area contributed by atoms with Gasteiger partial charge in [0.25, 0.3) is 0 Å². The Morgan fingerprint density at radius 1 is 1.00 bits per heavy atom. The lowest BCUT2D eigenvalue weighted by Gasteiger charge is -2.25. The van der Waals surface area contributed by atoms with Crippen LogP contribution in [0.2, 0.25) is 0 Å². The number of ether oxygens (including phenoxy) is 2. The molecule has 134 valence electrons. The number of anilines is 2. The molecular weight excluding hydrogens is 326 g/mol. The number of hydrogen-bond acceptors (Lipinski definition) is 5. The molecule has 0 radical (unpaired) electrons. The predicted octanol–water partition coefficient (Wildman–Crippen LogP) is 4.32. The van der Waals surface area contributed by atoms with Gasteiger partial charge in [-0.2, -0.15) is 0 Å². The number of benzene rings is 1. The SMILES string of the molecule is C1=C(c2nc3c(c(Nc4ccc(C5CCC5)cc4)n2)COC3)CCOC1. The van der Waals surface area contributed by atoms with Crippen LogP contribution in [0.5, 0.6) is 0 Å². The van der Waals surface area contributed by atoms with Crippen LogP contribution in [0.4, 0.5) is 11.5 Å². The number of hydrogen-bond donors (Lipinski definition) is 1. The Morgan fingerprint density at radius 3 is 2.62 bits per heavy atom. The Balaban J connectivity index is 1.44. The molecule has 1 fully saturated rings. The van der Waals surface area contributed by atoms with Crippen LogP contribution in [0.3, 0.4) is 0 Å². The highest BCUT2D eigenvalue weighted by molar-refractivity contribution is 5.66. The fourth-order valence-corrected chi connectivity index (χ4v) is 3.75. The van der Waals surface area contributed by atoms with Crippen LogP contribution in [-0.2, 0) is 22.7 Å². The minimum absolute atomic E-state index is 0.559. The second kappa shape index (κ2) is 6.82. The second-order valence-electron chi connectivity index (χ2n) is 7.24. The maximum atomic E-state index is 5.62. The molecule has 26 heavy (non-hydrogen) atoms. The van der Waals surface area contributed by atoms with Gasteiger partial charge in [0.2, 0.25) is 0 Å². The Bertz CT molecular complexity index is 841. The van der Waals surface area contributed by atoms with Gasteiger partial charge in [-0.25, -0.2) is 9.97 Å². The predicted molar refractivity (Wildman–Crippen MR) is 100 cm³/mol. The average molecular weight is 349 g/mol. The largest absolute Gasteiger partial charge is 0.377 e. The third kappa shape index (κ3) is 3.02. The lowest BCUT2D eigenvalue weighted by atomic mass is 9.80. The summed E-state index contributed by atoms with van der Waals surface area (Å²) in [6, 6.07) is 8.80. The van der Waals surface area contributed by atoms with E-state index >= 15 is 0 Å². The normalized spacial score (nSPS) is 19.6. The van der Waals surface area contributed by atoms with E-state index < -0.39 is 0 Å². The smallest absolute Gasteiger partial charge is 0.157 e. The van der Waals surface area contributed by atoms with E-state index in [1.54, 1.807) is 0 Å². The van der Waals surface area contributed by atoms with Gasteiger partial charge < -0.3 is 14.8 Å². The van der Waals surface area contributed by atoms with Gasteiger partial charge in [-0.15, -0.1) is 0 Å². The summed E-state index contributed by atoms with van der Waals surface area (Å²) in [5.74, 6) is 2.42. The Labute approximate surface area is 153 Å². The molecule has 5 rings (SSSR count). The number of fused-ring (bicyclic) bond motifs is 1. The summed E-state index contributed by atoms with van der Waals surface area (Å²) in [6.45, 7) is 2.50. The molecule has 3 heterocycles. The van der Waals surface area contributed by atoms with E-state index in [1.807, 2.05) is 0 Å². The molecule has 1 aromatic heterocycles. The molecule has 5 nitrogen and oxygen atoms in total. The molecule has 0 amide bonds. The summed E-state index contributed by atoms with van der Waals surface area (Å²) in [7, 11) is 0. The molecule has 1 aliphatic carbocycles. The molecule has 3 aliphatic rings. The zero-order valence-corrected chi connectivity index (χ0v) is 14.8. The third-order valence-electron chi connectivity index (χ3n) is 5.58. The van der Waals surface area contributed by atoms with Crippen LogP contribution in [0.25, 0.3) is 5.57 Å². The Morgan fingerprint density at radius 2 is 1.88 bits per heavy atom. The van der Waals surface area contributed by atoms with Crippen molar-refractivity contribution in [2.75, 3.05) is 18.5 Å². The van der Waals surface area contributed by atoms with E-state index in [0.29, 0.717) is 19.8 Å². The summed E-state index contributed by atoms with van der Waals surface area (Å²) in [4.78, 5) is 9.56. The number of rotatable bonds is 4. The van der Waals surface area contributed by atoms with Gasteiger partial charge in [-0.1, -0.05) is 24.6 Å². The Hall–Kier alpha value is -2.24. The van der Waals surface area contributed by atoms with Crippen LogP contribution in [0, 0.1) is 0 Å². The van der Waals surface area contributed by atoms with Gasteiger partial charge >= 0.3 is 0 Å². The van der Waals surface area contributed by atoms with Crippen molar-refractivity contribution in [2.45, 2.75) is 44.8 Å². The molecule has 1 aromatic carbocycles. The summed E-state index contributed by atoms with van der Waals surface area (Å²) in [5, 5.41) is 3.50. The van der Waals surface area contributed by atoms with E-state index in [0.717, 1.165) is 53.1 Å². The quantitative estimate of drug-likeness (QED) is 0.891. The van der Waals surface area contributed by atoms with Crippen LogP contribution in [-0.4, -0.2) is 23.2 Å². The fourth-order valence-electron chi connectivity index (χ4n) is 3.75. The van der Waals surface area contributed by atoms with Crippen LogP contribution >= 0.6 is 0 Å². The van der Waals surface area contributed by atoms with E-state index in [-0.39, 0.29) is 0 Å². The average Bonchev–Trinajstić information content (AvgIpc) is 3.11. The third-order valence-corrected chi connectivity index (χ3v) is 5.58. The van der Waals surface area contributed by atoms with Crippen molar-refractivity contribution in [1.29, 1.82) is 0 Å². The molecule has 1 saturated carbocycles. The minimum atomic E-state index is 0.559. The fraction of sp³-hybridized carbons (Fsp3) is 0.429. The van der Waals surface area contributed by atoms with Crippen molar-refractivity contribution >= 4 is 17.1 Å². The van der Waals surface area contributed by atoms with Gasteiger partial charge in [0.15, 0.2) is 5.82 Å². The second-order valence-corrected chi connectivity index (χ2v) is 7.24. The molecule has 0 unspecified atom stereocenters. The monoisotopic (exact) mass is 349 g/mol. The molecule has 0 saturated heterocycles. The first-order valence-corrected chi connectivity index (χ1v) is 9.48. The van der Waals surface area contributed by atoms with E-state index in [1.165, 1.54) is 24.8 Å². The van der Waals surface area contributed by atoms with Gasteiger partial charge in [0.1, 0.15) is 5.82 Å². The van der Waals surface area contributed by atoms with E-state index in [9.17, 15) is 0 Å². The lowest BCUT2D eigenvalue weighted by Crippen LogP contribution is -2.10. The zero-order valence-electron chi connectivity index (χ0n) is 14.8. The molecule has 0 spiro atoms. The number of aromatic nitrogens is 2. The van der Waals surface area contributed by atoms with Crippen molar-refractivity contribution in [3.05, 3.63) is 53.0 Å². The molecule has 0 bridgehead atoms. The maximum Gasteiger partial charge on any atom is 0.157 e. The first-order chi connectivity index (χ1) is 12.9. The summed E-state index contributed by atoms with van der Waals surface area (Å²) in [5.41, 5.74) is 5.74. The highest BCUT2D eigenvalue weighted by atomic mass is 16.5. The summed E-state index contributed by atoms with van der Waals surface area (Å²) >= 11 is 0. The molecule has 0 atom stereocenters. The van der Waals surface area contributed by atoms with Crippen LogP contribution in [0.15, 0.2) is 30.3 Å². The van der Waals surface area contributed by atoms with Gasteiger partial charge in [-0.05, 0) is 48.4 Å². The number of nitrogens with zero attached hydrogens (tertiary/aromatic N) is 2. The molecule has 1 N–H and O–H groups in total. The molecule has 2 aliphatic heterocycles. The van der Waals surface area contributed by atoms with Gasteiger partial charge in [-0.3, -0.25) is 0 Å². The van der Waals surface area contributed by atoms with Crippen molar-refractivity contribution < 1.29 is 9.47 Å². The lowest BCUT2D eigenvalue weighted by molar-refractivity contribution is 0.133. The van der Waals surface area contributed by atoms with Crippen molar-refractivity contribution in [3.8, 4) is 0 Å². The van der Waals surface area contributed by atoms with Crippen molar-refractivity contribution in [2.24, 2.45) is 0 Å². The van der Waals surface area contributed by atoms with Gasteiger partial charge in [0, 0.05) is 11.3 Å². The highest BCUT2D eigenvalue weighted by Crippen LogP contribution is 2.37. The first-order valence-electron chi connectivity index (χ1n) is 9.48. The topological polar surface area (TPSA) is 56.3 Å². The maximum absolute atomic E-state index is 5.62.